The molecule has 100 valence electrons. The molecule has 0 aliphatic heterocycles. The summed E-state index contributed by atoms with van der Waals surface area (Å²) >= 11 is 6.73. The van der Waals surface area contributed by atoms with Crippen molar-refractivity contribution in [2.24, 2.45) is 0 Å². The molecule has 0 fully saturated rings. The summed E-state index contributed by atoms with van der Waals surface area (Å²) in [6.07, 6.45) is -0.505. The van der Waals surface area contributed by atoms with E-state index in [4.69, 9.17) is 9.47 Å². The normalized spacial score (nSPS) is 11.0. The first-order chi connectivity index (χ1) is 8.23. The van der Waals surface area contributed by atoms with Crippen molar-refractivity contribution >= 4 is 43.6 Å². The third-order valence-corrected chi connectivity index (χ3v) is 3.13. The largest absolute Gasteiger partial charge is 0.497 e. The zero-order chi connectivity index (χ0) is 13.9. The summed E-state index contributed by atoms with van der Waals surface area (Å²) in [6.45, 7) is 5.43. The quantitative estimate of drug-likeness (QED) is 0.817. The minimum atomic E-state index is -0.532. The summed E-state index contributed by atoms with van der Waals surface area (Å²) < 4.78 is 11.7. The zero-order valence-corrected chi connectivity index (χ0v) is 13.8. The van der Waals surface area contributed by atoms with E-state index in [9.17, 15) is 4.79 Å². The second kappa shape index (κ2) is 5.93. The number of methoxy groups -OCH3 is 1. The zero-order valence-electron chi connectivity index (χ0n) is 10.6. The van der Waals surface area contributed by atoms with Crippen LogP contribution in [0.5, 0.6) is 5.75 Å². The lowest BCUT2D eigenvalue weighted by Crippen LogP contribution is -2.27. The molecule has 1 amide bonds. The van der Waals surface area contributed by atoms with Gasteiger partial charge in [0.25, 0.3) is 0 Å². The van der Waals surface area contributed by atoms with Gasteiger partial charge in [-0.2, -0.15) is 0 Å². The molecule has 0 unspecified atom stereocenters. The fourth-order valence-corrected chi connectivity index (χ4v) is 2.54. The molecule has 1 aromatic rings. The van der Waals surface area contributed by atoms with E-state index in [-0.39, 0.29) is 0 Å². The predicted octanol–water partition coefficient (Wildman–Crippen LogP) is 4.57. The first-order valence-electron chi connectivity index (χ1n) is 5.26. The number of hydrogen-bond acceptors (Lipinski definition) is 3. The molecule has 1 aromatic carbocycles. The monoisotopic (exact) mass is 379 g/mol. The minimum Gasteiger partial charge on any atom is -0.497 e. The van der Waals surface area contributed by atoms with Gasteiger partial charge in [0.1, 0.15) is 11.4 Å². The van der Waals surface area contributed by atoms with Crippen molar-refractivity contribution in [1.82, 2.24) is 0 Å². The SMILES string of the molecule is COc1cc(Br)c(NC(=O)OC(C)(C)C)c(Br)c1. The number of carbonyl (C=O) groups is 1. The van der Waals surface area contributed by atoms with Crippen LogP contribution in [0.4, 0.5) is 10.5 Å². The number of nitrogens with one attached hydrogen (secondary N) is 1. The molecule has 0 saturated carbocycles. The second-order valence-corrected chi connectivity index (χ2v) is 6.30. The van der Waals surface area contributed by atoms with Crippen LogP contribution in [0, 0.1) is 0 Å². The Bertz CT molecular complexity index is 432. The molecule has 0 aliphatic carbocycles. The molecule has 4 nitrogen and oxygen atoms in total. The molecule has 0 bridgehead atoms. The summed E-state index contributed by atoms with van der Waals surface area (Å²) in [5.41, 5.74) is 0.0697. The van der Waals surface area contributed by atoms with E-state index in [1.54, 1.807) is 19.2 Å². The maximum absolute atomic E-state index is 11.7. The number of halogens is 2. The van der Waals surface area contributed by atoms with E-state index in [2.05, 4.69) is 37.2 Å². The van der Waals surface area contributed by atoms with E-state index in [1.807, 2.05) is 20.8 Å². The lowest BCUT2D eigenvalue weighted by Gasteiger charge is -2.20. The van der Waals surface area contributed by atoms with E-state index in [0.29, 0.717) is 20.4 Å². The second-order valence-electron chi connectivity index (χ2n) is 4.59. The Hall–Kier alpha value is -0.750. The molecular weight excluding hydrogens is 366 g/mol. The highest BCUT2D eigenvalue weighted by Crippen LogP contribution is 2.35. The molecule has 6 heteroatoms. The number of ether oxygens (including phenoxy) is 2. The van der Waals surface area contributed by atoms with Crippen LogP contribution in [-0.4, -0.2) is 18.8 Å². The van der Waals surface area contributed by atoms with Crippen LogP contribution >= 0.6 is 31.9 Å². The van der Waals surface area contributed by atoms with E-state index in [0.717, 1.165) is 0 Å². The van der Waals surface area contributed by atoms with E-state index < -0.39 is 11.7 Å². The first kappa shape index (κ1) is 15.3. The van der Waals surface area contributed by atoms with E-state index >= 15 is 0 Å². The van der Waals surface area contributed by atoms with Crippen molar-refractivity contribution in [3.63, 3.8) is 0 Å². The van der Waals surface area contributed by atoms with Gasteiger partial charge in [-0.25, -0.2) is 4.79 Å². The molecule has 1 N–H and O–H groups in total. The maximum Gasteiger partial charge on any atom is 0.412 e. The van der Waals surface area contributed by atoms with Crippen LogP contribution in [0.2, 0.25) is 0 Å². The van der Waals surface area contributed by atoms with Gasteiger partial charge in [-0.15, -0.1) is 0 Å². The smallest absolute Gasteiger partial charge is 0.412 e. The van der Waals surface area contributed by atoms with Gasteiger partial charge in [-0.3, -0.25) is 5.32 Å². The standard InChI is InChI=1S/C12H15Br2NO3/c1-12(2,3)18-11(16)15-10-8(13)5-7(17-4)6-9(10)14/h5-6H,1-4H3,(H,15,16). The highest BCUT2D eigenvalue weighted by molar-refractivity contribution is 9.11. The number of hydrogen-bond donors (Lipinski definition) is 1. The van der Waals surface area contributed by atoms with Crippen molar-refractivity contribution in [2.45, 2.75) is 26.4 Å². The summed E-state index contributed by atoms with van der Waals surface area (Å²) in [5.74, 6) is 0.684. The van der Waals surface area contributed by atoms with Gasteiger partial charge in [-0.1, -0.05) is 0 Å². The molecule has 0 aromatic heterocycles. The van der Waals surface area contributed by atoms with Crippen LogP contribution in [0.3, 0.4) is 0 Å². The van der Waals surface area contributed by atoms with Crippen LogP contribution in [0.25, 0.3) is 0 Å². The summed E-state index contributed by atoms with van der Waals surface area (Å²) in [6, 6.07) is 3.52. The summed E-state index contributed by atoms with van der Waals surface area (Å²) in [4.78, 5) is 11.7. The minimum absolute atomic E-state index is 0.505. The fourth-order valence-electron chi connectivity index (χ4n) is 1.19. The number of rotatable bonds is 2. The molecule has 18 heavy (non-hydrogen) atoms. The maximum atomic E-state index is 11.7. The van der Waals surface area contributed by atoms with Crippen molar-refractivity contribution in [2.75, 3.05) is 12.4 Å². The Morgan fingerprint density at radius 1 is 1.22 bits per heavy atom. The predicted molar refractivity (Wildman–Crippen MR) is 78.3 cm³/mol. The number of benzene rings is 1. The van der Waals surface area contributed by atoms with Gasteiger partial charge in [0.2, 0.25) is 0 Å². The van der Waals surface area contributed by atoms with Crippen molar-refractivity contribution < 1.29 is 14.3 Å². The Balaban J connectivity index is 2.88. The Morgan fingerprint density at radius 3 is 2.11 bits per heavy atom. The lowest BCUT2D eigenvalue weighted by atomic mass is 10.2. The Kier molecular flexibility index (Phi) is 5.04. The van der Waals surface area contributed by atoms with Crippen LogP contribution in [-0.2, 0) is 4.74 Å². The topological polar surface area (TPSA) is 47.6 Å². The average molecular weight is 381 g/mol. The number of carbonyl (C=O) groups excluding carboxylic acids is 1. The van der Waals surface area contributed by atoms with Gasteiger partial charge >= 0.3 is 6.09 Å². The van der Waals surface area contributed by atoms with Gasteiger partial charge in [0, 0.05) is 8.95 Å². The van der Waals surface area contributed by atoms with Crippen molar-refractivity contribution in [1.29, 1.82) is 0 Å². The van der Waals surface area contributed by atoms with Gasteiger partial charge in [0.05, 0.1) is 12.8 Å². The van der Waals surface area contributed by atoms with Crippen LogP contribution < -0.4 is 10.1 Å². The van der Waals surface area contributed by atoms with Gasteiger partial charge in [0.15, 0.2) is 0 Å². The van der Waals surface area contributed by atoms with Crippen LogP contribution in [0.1, 0.15) is 20.8 Å². The molecule has 0 aliphatic rings. The fraction of sp³-hybridized carbons (Fsp3) is 0.417. The lowest BCUT2D eigenvalue weighted by molar-refractivity contribution is 0.0635. The number of anilines is 1. The van der Waals surface area contributed by atoms with Crippen LogP contribution in [0.15, 0.2) is 21.1 Å². The summed E-state index contributed by atoms with van der Waals surface area (Å²) in [5, 5.41) is 2.68. The first-order valence-corrected chi connectivity index (χ1v) is 6.84. The third-order valence-electron chi connectivity index (χ3n) is 1.88. The van der Waals surface area contributed by atoms with Crippen molar-refractivity contribution in [3.8, 4) is 5.75 Å². The van der Waals surface area contributed by atoms with Crippen molar-refractivity contribution in [3.05, 3.63) is 21.1 Å². The summed E-state index contributed by atoms with van der Waals surface area (Å²) in [7, 11) is 1.58. The Morgan fingerprint density at radius 2 is 1.72 bits per heavy atom. The number of amides is 1. The van der Waals surface area contributed by atoms with Gasteiger partial charge in [-0.05, 0) is 64.8 Å². The molecule has 0 spiro atoms. The molecule has 0 heterocycles. The molecule has 1 rings (SSSR count). The molecule has 0 radical (unpaired) electrons. The molecule has 0 atom stereocenters. The highest BCUT2D eigenvalue weighted by atomic mass is 79.9. The molecule has 0 saturated heterocycles. The van der Waals surface area contributed by atoms with Gasteiger partial charge < -0.3 is 9.47 Å². The average Bonchev–Trinajstić information content (AvgIpc) is 2.20. The van der Waals surface area contributed by atoms with E-state index in [1.165, 1.54) is 0 Å². The molecular formula is C12H15Br2NO3. The third kappa shape index (κ3) is 4.49. The Labute approximate surface area is 123 Å². The highest BCUT2D eigenvalue weighted by Gasteiger charge is 2.18.